The van der Waals surface area contributed by atoms with Gasteiger partial charge in [0.25, 0.3) is 5.91 Å². The number of aromatic nitrogens is 1. The molecule has 2 aromatic heterocycles. The summed E-state index contributed by atoms with van der Waals surface area (Å²) in [6.45, 7) is 3.97. The molecule has 1 aromatic carbocycles. The van der Waals surface area contributed by atoms with Crippen molar-refractivity contribution in [2.75, 3.05) is 26.2 Å². The van der Waals surface area contributed by atoms with E-state index in [-0.39, 0.29) is 5.91 Å². The second-order valence-electron chi connectivity index (χ2n) is 6.13. The Balaban J connectivity index is 1.43. The molecule has 4 nitrogen and oxygen atoms in total. The summed E-state index contributed by atoms with van der Waals surface area (Å²) >= 11 is 7.93. The van der Waals surface area contributed by atoms with Crippen molar-refractivity contribution in [1.82, 2.24) is 14.8 Å². The molecule has 128 valence electrons. The van der Waals surface area contributed by atoms with Crippen LogP contribution in [0.5, 0.6) is 0 Å². The van der Waals surface area contributed by atoms with E-state index in [0.717, 1.165) is 48.5 Å². The lowest BCUT2D eigenvalue weighted by atomic mass is 10.2. The van der Waals surface area contributed by atoms with E-state index in [0.29, 0.717) is 9.90 Å². The van der Waals surface area contributed by atoms with Gasteiger partial charge in [-0.15, -0.1) is 11.3 Å². The van der Waals surface area contributed by atoms with Crippen LogP contribution in [0.15, 0.2) is 48.7 Å². The molecule has 6 heteroatoms. The van der Waals surface area contributed by atoms with Gasteiger partial charge in [-0.05, 0) is 18.2 Å². The van der Waals surface area contributed by atoms with Gasteiger partial charge in [0, 0.05) is 49.0 Å². The minimum absolute atomic E-state index is 0.0451. The molecule has 1 amide bonds. The Labute approximate surface area is 155 Å². The fraction of sp³-hybridized carbons (Fsp3) is 0.263. The Kier molecular flexibility index (Phi) is 4.70. The molecule has 3 aromatic rings. The van der Waals surface area contributed by atoms with Crippen molar-refractivity contribution in [3.8, 4) is 0 Å². The standard InChI is InChI=1S/C19H18ClN3OS/c20-17-15-6-1-2-7-16(15)25-18(17)19(24)23-11-9-22(10-12-23)13-14-5-3-4-8-21-14/h1-8H,9-13H2. The molecule has 0 unspecified atom stereocenters. The number of rotatable bonds is 3. The van der Waals surface area contributed by atoms with Crippen LogP contribution in [-0.4, -0.2) is 46.9 Å². The predicted molar refractivity (Wildman–Crippen MR) is 102 cm³/mol. The molecule has 1 saturated heterocycles. The third kappa shape index (κ3) is 3.40. The third-order valence-electron chi connectivity index (χ3n) is 4.50. The van der Waals surface area contributed by atoms with E-state index in [2.05, 4.69) is 9.88 Å². The fourth-order valence-corrected chi connectivity index (χ4v) is 4.60. The van der Waals surface area contributed by atoms with Crippen LogP contribution in [0, 0.1) is 0 Å². The van der Waals surface area contributed by atoms with Gasteiger partial charge in [-0.2, -0.15) is 0 Å². The van der Waals surface area contributed by atoms with Gasteiger partial charge in [0.1, 0.15) is 4.88 Å². The highest BCUT2D eigenvalue weighted by Gasteiger charge is 2.26. The molecular formula is C19H18ClN3OS. The van der Waals surface area contributed by atoms with E-state index in [4.69, 9.17) is 11.6 Å². The van der Waals surface area contributed by atoms with Crippen LogP contribution in [-0.2, 0) is 6.54 Å². The summed E-state index contributed by atoms with van der Waals surface area (Å²) in [4.78, 5) is 22.1. The first kappa shape index (κ1) is 16.5. The number of carbonyl (C=O) groups is 1. The van der Waals surface area contributed by atoms with Crippen molar-refractivity contribution in [3.63, 3.8) is 0 Å². The Morgan fingerprint density at radius 3 is 2.56 bits per heavy atom. The van der Waals surface area contributed by atoms with E-state index < -0.39 is 0 Å². The second-order valence-corrected chi connectivity index (χ2v) is 7.56. The molecule has 3 heterocycles. The molecule has 0 aliphatic carbocycles. The molecule has 4 rings (SSSR count). The molecule has 1 aliphatic rings. The summed E-state index contributed by atoms with van der Waals surface area (Å²) in [6.07, 6.45) is 1.82. The Morgan fingerprint density at radius 2 is 1.84 bits per heavy atom. The number of pyridine rings is 1. The number of halogens is 1. The zero-order valence-corrected chi connectivity index (χ0v) is 15.3. The highest BCUT2D eigenvalue weighted by molar-refractivity contribution is 7.21. The summed E-state index contributed by atoms with van der Waals surface area (Å²) < 4.78 is 1.06. The molecule has 1 aliphatic heterocycles. The zero-order chi connectivity index (χ0) is 17.2. The van der Waals surface area contributed by atoms with Crippen LogP contribution in [0.2, 0.25) is 5.02 Å². The lowest BCUT2D eigenvalue weighted by Gasteiger charge is -2.34. The average Bonchev–Trinajstić information content (AvgIpc) is 3.00. The summed E-state index contributed by atoms with van der Waals surface area (Å²) in [5.74, 6) is 0.0451. The van der Waals surface area contributed by atoms with Crippen LogP contribution in [0.3, 0.4) is 0 Å². The molecule has 0 spiro atoms. The van der Waals surface area contributed by atoms with E-state index in [1.807, 2.05) is 53.6 Å². The number of piperazine rings is 1. The molecule has 25 heavy (non-hydrogen) atoms. The van der Waals surface area contributed by atoms with Crippen molar-refractivity contribution in [1.29, 1.82) is 0 Å². The molecule has 0 radical (unpaired) electrons. The van der Waals surface area contributed by atoms with Crippen molar-refractivity contribution >= 4 is 38.9 Å². The van der Waals surface area contributed by atoms with Crippen LogP contribution in [0.4, 0.5) is 0 Å². The Hall–Kier alpha value is -1.95. The van der Waals surface area contributed by atoms with Gasteiger partial charge in [-0.25, -0.2) is 0 Å². The normalized spacial score (nSPS) is 15.6. The number of hydrogen-bond donors (Lipinski definition) is 0. The maximum Gasteiger partial charge on any atom is 0.265 e. The highest BCUT2D eigenvalue weighted by atomic mass is 35.5. The molecule has 0 N–H and O–H groups in total. The van der Waals surface area contributed by atoms with Crippen molar-refractivity contribution < 1.29 is 4.79 Å². The number of nitrogens with zero attached hydrogens (tertiary/aromatic N) is 3. The lowest BCUT2D eigenvalue weighted by Crippen LogP contribution is -2.48. The first-order valence-corrected chi connectivity index (χ1v) is 9.50. The zero-order valence-electron chi connectivity index (χ0n) is 13.7. The minimum Gasteiger partial charge on any atom is -0.335 e. The number of thiophene rings is 1. The van der Waals surface area contributed by atoms with E-state index in [9.17, 15) is 4.79 Å². The smallest absolute Gasteiger partial charge is 0.265 e. The summed E-state index contributed by atoms with van der Waals surface area (Å²) in [5.41, 5.74) is 1.06. The fourth-order valence-electron chi connectivity index (χ4n) is 3.13. The lowest BCUT2D eigenvalue weighted by molar-refractivity contribution is 0.0632. The van der Waals surface area contributed by atoms with E-state index >= 15 is 0 Å². The monoisotopic (exact) mass is 371 g/mol. The predicted octanol–water partition coefficient (Wildman–Crippen LogP) is 3.91. The number of benzene rings is 1. The molecule has 0 saturated carbocycles. The third-order valence-corrected chi connectivity index (χ3v) is 6.16. The number of hydrogen-bond acceptors (Lipinski definition) is 4. The van der Waals surface area contributed by atoms with Crippen LogP contribution in [0.1, 0.15) is 15.4 Å². The van der Waals surface area contributed by atoms with Gasteiger partial charge in [-0.3, -0.25) is 14.7 Å². The Bertz CT molecular complexity index is 888. The topological polar surface area (TPSA) is 36.4 Å². The summed E-state index contributed by atoms with van der Waals surface area (Å²) in [7, 11) is 0. The van der Waals surface area contributed by atoms with Crippen LogP contribution in [0.25, 0.3) is 10.1 Å². The summed E-state index contributed by atoms with van der Waals surface area (Å²) in [5, 5.41) is 1.55. The number of amides is 1. The quantitative estimate of drug-likeness (QED) is 0.700. The number of carbonyl (C=O) groups excluding carboxylic acids is 1. The van der Waals surface area contributed by atoms with Gasteiger partial charge >= 0.3 is 0 Å². The van der Waals surface area contributed by atoms with Gasteiger partial charge in [-0.1, -0.05) is 35.9 Å². The summed E-state index contributed by atoms with van der Waals surface area (Å²) in [6, 6.07) is 13.9. The first-order chi connectivity index (χ1) is 12.2. The second kappa shape index (κ2) is 7.12. The van der Waals surface area contributed by atoms with Gasteiger partial charge < -0.3 is 4.90 Å². The molecule has 0 atom stereocenters. The molecule has 0 bridgehead atoms. The highest BCUT2D eigenvalue weighted by Crippen LogP contribution is 2.36. The van der Waals surface area contributed by atoms with Gasteiger partial charge in [0.05, 0.1) is 10.7 Å². The van der Waals surface area contributed by atoms with Gasteiger partial charge in [0.2, 0.25) is 0 Å². The first-order valence-electron chi connectivity index (χ1n) is 8.31. The SMILES string of the molecule is O=C(c1sc2ccccc2c1Cl)N1CCN(Cc2ccccn2)CC1. The van der Waals surface area contributed by atoms with Gasteiger partial charge in [0.15, 0.2) is 0 Å². The van der Waals surface area contributed by atoms with Crippen LogP contribution >= 0.6 is 22.9 Å². The van der Waals surface area contributed by atoms with E-state index in [1.165, 1.54) is 11.3 Å². The van der Waals surface area contributed by atoms with Crippen molar-refractivity contribution in [2.45, 2.75) is 6.54 Å². The molecule has 1 fully saturated rings. The Morgan fingerprint density at radius 1 is 1.08 bits per heavy atom. The van der Waals surface area contributed by atoms with E-state index in [1.54, 1.807) is 0 Å². The van der Waals surface area contributed by atoms with Crippen LogP contribution < -0.4 is 0 Å². The maximum atomic E-state index is 12.9. The van der Waals surface area contributed by atoms with Crippen molar-refractivity contribution in [2.24, 2.45) is 0 Å². The van der Waals surface area contributed by atoms with Crippen molar-refractivity contribution in [3.05, 3.63) is 64.3 Å². The maximum absolute atomic E-state index is 12.9. The molecular weight excluding hydrogens is 354 g/mol. The largest absolute Gasteiger partial charge is 0.335 e. The minimum atomic E-state index is 0.0451. The average molecular weight is 372 g/mol. The number of fused-ring (bicyclic) bond motifs is 1.